The number of hydrogen-bond donors (Lipinski definition) is 1. The van der Waals surface area contributed by atoms with Crippen molar-refractivity contribution in [1.29, 1.82) is 0 Å². The molecule has 0 saturated heterocycles. The zero-order valence-electron chi connectivity index (χ0n) is 12.1. The summed E-state index contributed by atoms with van der Waals surface area (Å²) in [7, 11) is -3.22. The lowest BCUT2D eigenvalue weighted by Crippen LogP contribution is -1.96. The first-order chi connectivity index (χ1) is 10.3. The predicted molar refractivity (Wildman–Crippen MR) is 91.7 cm³/mol. The number of benzene rings is 2. The highest BCUT2D eigenvalue weighted by Gasteiger charge is 2.14. The number of fused-ring (bicyclic) bond motifs is 1. The monoisotopic (exact) mass is 351 g/mol. The fraction of sp³-hybridized carbons (Fsp3) is 0.125. The van der Waals surface area contributed by atoms with Gasteiger partial charge in [-0.15, -0.1) is 0 Å². The Kier molecular flexibility index (Phi) is 3.97. The molecule has 0 bridgehead atoms. The van der Waals surface area contributed by atoms with Crippen molar-refractivity contribution in [2.75, 3.05) is 6.26 Å². The lowest BCUT2D eigenvalue weighted by molar-refractivity contribution is 0.602. The van der Waals surface area contributed by atoms with Gasteiger partial charge < -0.3 is 4.98 Å². The van der Waals surface area contributed by atoms with Gasteiger partial charge in [-0.05, 0) is 49.4 Å². The van der Waals surface area contributed by atoms with Crippen LogP contribution in [0.15, 0.2) is 57.2 Å². The van der Waals surface area contributed by atoms with Crippen LogP contribution < -0.4 is 0 Å². The number of nitrogens with one attached hydrogen (secondary N) is 1. The minimum absolute atomic E-state index is 0.331. The first-order valence-electron chi connectivity index (χ1n) is 6.60. The van der Waals surface area contributed by atoms with E-state index in [1.807, 2.05) is 37.3 Å². The van der Waals surface area contributed by atoms with Crippen LogP contribution in [0.2, 0.25) is 5.02 Å². The van der Waals surface area contributed by atoms with Crippen LogP contribution >= 0.6 is 23.4 Å². The number of aromatic nitrogens is 1. The van der Waals surface area contributed by atoms with E-state index in [1.165, 1.54) is 6.26 Å². The molecule has 22 heavy (non-hydrogen) atoms. The molecule has 3 nitrogen and oxygen atoms in total. The zero-order chi connectivity index (χ0) is 15.9. The fourth-order valence-electron chi connectivity index (χ4n) is 2.26. The smallest absolute Gasteiger partial charge is 0.175 e. The van der Waals surface area contributed by atoms with Crippen molar-refractivity contribution in [3.05, 3.63) is 53.2 Å². The summed E-state index contributed by atoms with van der Waals surface area (Å²) in [6.45, 7) is 1.98. The summed E-state index contributed by atoms with van der Waals surface area (Å²) in [4.78, 5) is 5.71. The molecule has 0 aliphatic carbocycles. The topological polar surface area (TPSA) is 49.9 Å². The Morgan fingerprint density at radius 1 is 1.09 bits per heavy atom. The van der Waals surface area contributed by atoms with Gasteiger partial charge in [0.1, 0.15) is 0 Å². The largest absolute Gasteiger partial charge is 0.358 e. The molecule has 3 aromatic rings. The molecule has 6 heteroatoms. The molecule has 0 atom stereocenters. The molecule has 1 aromatic heterocycles. The summed E-state index contributed by atoms with van der Waals surface area (Å²) in [5.74, 6) is 0. The van der Waals surface area contributed by atoms with Crippen molar-refractivity contribution in [2.45, 2.75) is 21.6 Å². The minimum Gasteiger partial charge on any atom is -0.358 e. The number of sulfone groups is 1. The van der Waals surface area contributed by atoms with Crippen LogP contribution in [0, 0.1) is 6.92 Å². The molecule has 114 valence electrons. The Labute approximate surface area is 138 Å². The summed E-state index contributed by atoms with van der Waals surface area (Å²) in [6.07, 6.45) is 1.22. The number of rotatable bonds is 3. The van der Waals surface area contributed by atoms with Gasteiger partial charge in [-0.3, -0.25) is 0 Å². The number of aromatic amines is 1. The fourth-order valence-corrected chi connectivity index (χ4v) is 4.03. The van der Waals surface area contributed by atoms with Crippen LogP contribution in [-0.2, 0) is 9.84 Å². The molecule has 0 fully saturated rings. The molecular formula is C16H14ClNO2S2. The molecule has 0 spiro atoms. The van der Waals surface area contributed by atoms with Gasteiger partial charge in [-0.1, -0.05) is 23.4 Å². The molecule has 0 unspecified atom stereocenters. The number of halogens is 1. The molecule has 0 saturated carbocycles. The van der Waals surface area contributed by atoms with Crippen molar-refractivity contribution >= 4 is 44.1 Å². The molecule has 0 radical (unpaired) electrons. The van der Waals surface area contributed by atoms with Crippen LogP contribution in [0.25, 0.3) is 10.9 Å². The highest BCUT2D eigenvalue weighted by atomic mass is 35.5. The van der Waals surface area contributed by atoms with Crippen LogP contribution in [-0.4, -0.2) is 19.7 Å². The van der Waals surface area contributed by atoms with E-state index in [0.717, 1.165) is 26.4 Å². The van der Waals surface area contributed by atoms with Crippen molar-refractivity contribution in [3.63, 3.8) is 0 Å². The second kappa shape index (κ2) is 5.65. The standard InChI is InChI=1S/C16H14ClNO2S2/c1-10-16(21-12-5-3-11(17)4-6-12)14-9-13(22(2,19)20)7-8-15(14)18-10/h3-9,18H,1-2H3. The number of H-pyrrole nitrogens is 1. The van der Waals surface area contributed by atoms with E-state index < -0.39 is 9.84 Å². The van der Waals surface area contributed by atoms with Gasteiger partial charge in [-0.2, -0.15) is 0 Å². The van der Waals surface area contributed by atoms with E-state index in [1.54, 1.807) is 23.9 Å². The van der Waals surface area contributed by atoms with Gasteiger partial charge in [0.2, 0.25) is 0 Å². The van der Waals surface area contributed by atoms with E-state index in [0.29, 0.717) is 9.92 Å². The molecule has 3 rings (SSSR count). The van der Waals surface area contributed by atoms with E-state index in [4.69, 9.17) is 11.6 Å². The SMILES string of the molecule is Cc1[nH]c2ccc(S(C)(=O)=O)cc2c1Sc1ccc(Cl)cc1. The highest BCUT2D eigenvalue weighted by Crippen LogP contribution is 2.37. The second-order valence-electron chi connectivity index (χ2n) is 5.11. The van der Waals surface area contributed by atoms with Gasteiger partial charge in [0.05, 0.1) is 4.90 Å². The number of hydrogen-bond acceptors (Lipinski definition) is 3. The van der Waals surface area contributed by atoms with Crippen LogP contribution in [0.4, 0.5) is 0 Å². The van der Waals surface area contributed by atoms with Gasteiger partial charge in [0, 0.05) is 37.7 Å². The Hall–Kier alpha value is -1.43. The zero-order valence-corrected chi connectivity index (χ0v) is 14.4. The van der Waals surface area contributed by atoms with E-state index in [9.17, 15) is 8.42 Å². The second-order valence-corrected chi connectivity index (χ2v) is 8.65. The molecule has 1 N–H and O–H groups in total. The van der Waals surface area contributed by atoms with Gasteiger partial charge in [0.15, 0.2) is 9.84 Å². The minimum atomic E-state index is -3.22. The quantitative estimate of drug-likeness (QED) is 0.745. The molecule has 1 heterocycles. The van der Waals surface area contributed by atoms with E-state index in [-0.39, 0.29) is 0 Å². The van der Waals surface area contributed by atoms with Crippen LogP contribution in [0.1, 0.15) is 5.69 Å². The van der Waals surface area contributed by atoms with E-state index in [2.05, 4.69) is 4.98 Å². The molecule has 0 aliphatic rings. The predicted octanol–water partition coefficient (Wildman–Crippen LogP) is 4.68. The Morgan fingerprint density at radius 2 is 1.77 bits per heavy atom. The van der Waals surface area contributed by atoms with Crippen molar-refractivity contribution in [2.24, 2.45) is 0 Å². The maximum Gasteiger partial charge on any atom is 0.175 e. The summed E-state index contributed by atoms with van der Waals surface area (Å²) < 4.78 is 23.5. The first kappa shape index (κ1) is 15.5. The van der Waals surface area contributed by atoms with Gasteiger partial charge in [-0.25, -0.2) is 8.42 Å². The third-order valence-corrected chi connectivity index (χ3v) is 5.96. The maximum atomic E-state index is 11.8. The summed E-state index contributed by atoms with van der Waals surface area (Å²) >= 11 is 7.50. The van der Waals surface area contributed by atoms with Gasteiger partial charge in [0.25, 0.3) is 0 Å². The van der Waals surface area contributed by atoms with E-state index >= 15 is 0 Å². The van der Waals surface area contributed by atoms with Crippen molar-refractivity contribution in [3.8, 4) is 0 Å². The first-order valence-corrected chi connectivity index (χ1v) is 9.69. The number of aryl methyl sites for hydroxylation is 1. The van der Waals surface area contributed by atoms with Crippen LogP contribution in [0.5, 0.6) is 0 Å². The van der Waals surface area contributed by atoms with Gasteiger partial charge >= 0.3 is 0 Å². The van der Waals surface area contributed by atoms with Crippen molar-refractivity contribution < 1.29 is 8.42 Å². The third-order valence-electron chi connectivity index (χ3n) is 3.36. The molecule has 0 aliphatic heterocycles. The maximum absolute atomic E-state index is 11.8. The summed E-state index contributed by atoms with van der Waals surface area (Å²) in [5, 5.41) is 1.61. The summed E-state index contributed by atoms with van der Waals surface area (Å²) in [5.41, 5.74) is 1.95. The summed E-state index contributed by atoms with van der Waals surface area (Å²) in [6, 6.07) is 12.8. The molecule has 0 amide bonds. The Morgan fingerprint density at radius 3 is 2.41 bits per heavy atom. The third kappa shape index (κ3) is 3.02. The Balaban J connectivity index is 2.11. The lowest BCUT2D eigenvalue weighted by atomic mass is 10.2. The average molecular weight is 352 g/mol. The van der Waals surface area contributed by atoms with Crippen molar-refractivity contribution in [1.82, 2.24) is 4.98 Å². The highest BCUT2D eigenvalue weighted by molar-refractivity contribution is 7.99. The lowest BCUT2D eigenvalue weighted by Gasteiger charge is -2.03. The average Bonchev–Trinajstić information content (AvgIpc) is 2.76. The molecular weight excluding hydrogens is 338 g/mol. The normalized spacial score (nSPS) is 12.0. The Bertz CT molecular complexity index is 944. The molecule has 2 aromatic carbocycles. The van der Waals surface area contributed by atoms with Crippen LogP contribution in [0.3, 0.4) is 0 Å².